The molecule has 8 heteroatoms. The number of hydrogen-bond donors (Lipinski definition) is 0. The third-order valence-corrected chi connectivity index (χ3v) is 4.21. The summed E-state index contributed by atoms with van der Waals surface area (Å²) >= 11 is 0. The van der Waals surface area contributed by atoms with Crippen molar-refractivity contribution in [3.8, 4) is 12.1 Å². The molecule has 3 aromatic heterocycles. The number of benzene rings is 1. The molecule has 0 spiro atoms. The van der Waals surface area contributed by atoms with Crippen molar-refractivity contribution in [2.45, 2.75) is 27.7 Å². The van der Waals surface area contributed by atoms with E-state index in [1.54, 1.807) is 0 Å². The van der Waals surface area contributed by atoms with Gasteiger partial charge in [0.15, 0.2) is 11.4 Å². The molecule has 0 fully saturated rings. The molecule has 0 amide bonds. The molecule has 0 aliphatic heterocycles. The number of fused-ring (bicyclic) bond motifs is 6. The molecule has 26 heavy (non-hydrogen) atoms. The van der Waals surface area contributed by atoms with Crippen LogP contribution >= 0.6 is 0 Å². The molecule has 0 aliphatic rings. The zero-order valence-electron chi connectivity index (χ0n) is 14.6. The van der Waals surface area contributed by atoms with Crippen LogP contribution in [0.5, 0.6) is 0 Å². The molecule has 0 unspecified atom stereocenters. The Labute approximate surface area is 148 Å². The zero-order chi connectivity index (χ0) is 18.6. The normalized spacial score (nSPS) is 11.0. The van der Waals surface area contributed by atoms with Crippen molar-refractivity contribution in [3.63, 3.8) is 0 Å². The Bertz CT molecular complexity index is 1240. The minimum absolute atomic E-state index is 0.0219. The van der Waals surface area contributed by atoms with E-state index in [1.165, 1.54) is 0 Å². The van der Waals surface area contributed by atoms with E-state index in [9.17, 15) is 10.5 Å². The van der Waals surface area contributed by atoms with Crippen molar-refractivity contribution in [2.24, 2.45) is 0 Å². The number of aryl methyl sites for hydroxylation is 4. The second-order valence-corrected chi connectivity index (χ2v) is 6.00. The van der Waals surface area contributed by atoms with E-state index in [-0.39, 0.29) is 11.4 Å². The van der Waals surface area contributed by atoms with Crippen LogP contribution in [0.15, 0.2) is 0 Å². The fourth-order valence-corrected chi connectivity index (χ4v) is 3.27. The molecule has 0 saturated heterocycles. The molecule has 1 aromatic carbocycles. The summed E-state index contributed by atoms with van der Waals surface area (Å²) in [6, 6.07) is 3.88. The number of hydrogen-bond acceptors (Lipinski definition) is 8. The quantitative estimate of drug-likeness (QED) is 0.447. The van der Waals surface area contributed by atoms with Crippen LogP contribution in [0.2, 0.25) is 0 Å². The van der Waals surface area contributed by atoms with Gasteiger partial charge in [-0.1, -0.05) is 0 Å². The van der Waals surface area contributed by atoms with Gasteiger partial charge < -0.3 is 0 Å². The van der Waals surface area contributed by atoms with Crippen LogP contribution in [0.1, 0.15) is 34.4 Å². The first-order valence-corrected chi connectivity index (χ1v) is 7.88. The Morgan fingerprint density at radius 2 is 0.885 bits per heavy atom. The first-order chi connectivity index (χ1) is 12.4. The average Bonchev–Trinajstić information content (AvgIpc) is 2.59. The highest BCUT2D eigenvalue weighted by Crippen LogP contribution is 2.34. The monoisotopic (exact) mass is 340 g/mol. The van der Waals surface area contributed by atoms with Gasteiger partial charge in [-0.3, -0.25) is 0 Å². The van der Waals surface area contributed by atoms with Gasteiger partial charge in [0.25, 0.3) is 0 Å². The first-order valence-electron chi connectivity index (χ1n) is 7.88. The topological polar surface area (TPSA) is 125 Å². The summed E-state index contributed by atoms with van der Waals surface area (Å²) in [5.41, 5.74) is 3.65. The molecule has 0 aliphatic carbocycles. The smallest absolute Gasteiger partial charge is 0.177 e. The van der Waals surface area contributed by atoms with Crippen LogP contribution in [0.25, 0.3) is 32.8 Å². The Hall–Kier alpha value is -3.78. The largest absolute Gasteiger partial charge is 0.238 e. The molecule has 0 saturated carbocycles. The molecule has 8 nitrogen and oxygen atoms in total. The molecule has 0 bridgehead atoms. The van der Waals surface area contributed by atoms with Gasteiger partial charge in [-0.2, -0.15) is 10.5 Å². The highest BCUT2D eigenvalue weighted by Gasteiger charge is 2.20. The lowest BCUT2D eigenvalue weighted by Crippen LogP contribution is -2.04. The fourth-order valence-electron chi connectivity index (χ4n) is 3.27. The summed E-state index contributed by atoms with van der Waals surface area (Å²) in [5.74, 6) is 1.23. The Balaban J connectivity index is 2.45. The summed E-state index contributed by atoms with van der Waals surface area (Å²) in [6.07, 6.45) is 0. The molecule has 0 radical (unpaired) electrons. The number of aromatic nitrogens is 6. The van der Waals surface area contributed by atoms with Crippen molar-refractivity contribution in [3.05, 3.63) is 34.4 Å². The van der Waals surface area contributed by atoms with Gasteiger partial charge in [-0.15, -0.1) is 0 Å². The maximum atomic E-state index is 9.34. The van der Waals surface area contributed by atoms with Crippen molar-refractivity contribution >= 4 is 32.8 Å². The van der Waals surface area contributed by atoms with Gasteiger partial charge in [0.2, 0.25) is 0 Å². The van der Waals surface area contributed by atoms with E-state index in [4.69, 9.17) is 0 Å². The molecular formula is C18H12N8. The van der Waals surface area contributed by atoms with E-state index in [0.717, 1.165) is 11.4 Å². The van der Waals surface area contributed by atoms with Gasteiger partial charge in [-0.25, -0.2) is 29.9 Å². The van der Waals surface area contributed by atoms with Crippen LogP contribution in [0.3, 0.4) is 0 Å². The van der Waals surface area contributed by atoms with Gasteiger partial charge >= 0.3 is 0 Å². The Morgan fingerprint density at radius 3 is 1.23 bits per heavy atom. The highest BCUT2D eigenvalue weighted by atomic mass is 14.9. The molecule has 4 aromatic rings. The lowest BCUT2D eigenvalue weighted by molar-refractivity contribution is 1.03. The lowest BCUT2D eigenvalue weighted by atomic mass is 10.0. The van der Waals surface area contributed by atoms with Gasteiger partial charge in [0, 0.05) is 0 Å². The fraction of sp³-hybridized carbons (Fsp3) is 0.222. The van der Waals surface area contributed by atoms with Gasteiger partial charge in [-0.05, 0) is 27.7 Å². The summed E-state index contributed by atoms with van der Waals surface area (Å²) < 4.78 is 0. The summed E-state index contributed by atoms with van der Waals surface area (Å²) in [5, 5.41) is 20.0. The summed E-state index contributed by atoms with van der Waals surface area (Å²) in [7, 11) is 0. The Morgan fingerprint density at radius 1 is 0.538 bits per heavy atom. The van der Waals surface area contributed by atoms with Crippen molar-refractivity contribution in [1.29, 1.82) is 10.5 Å². The maximum absolute atomic E-state index is 9.34. The average molecular weight is 340 g/mol. The predicted octanol–water partition coefficient (Wildman–Crippen LogP) is 2.49. The van der Waals surface area contributed by atoms with Crippen LogP contribution in [0, 0.1) is 50.4 Å². The maximum Gasteiger partial charge on any atom is 0.177 e. The van der Waals surface area contributed by atoms with Crippen LogP contribution in [0.4, 0.5) is 0 Å². The lowest BCUT2D eigenvalue weighted by Gasteiger charge is -2.12. The third-order valence-electron chi connectivity index (χ3n) is 4.21. The van der Waals surface area contributed by atoms with E-state index < -0.39 is 0 Å². The van der Waals surface area contributed by atoms with Gasteiger partial charge in [0.05, 0.1) is 22.2 Å². The Kier molecular flexibility index (Phi) is 3.24. The van der Waals surface area contributed by atoms with E-state index in [0.29, 0.717) is 44.5 Å². The number of rotatable bonds is 0. The second kappa shape index (κ2) is 5.36. The second-order valence-electron chi connectivity index (χ2n) is 6.00. The van der Waals surface area contributed by atoms with Crippen LogP contribution in [-0.4, -0.2) is 29.9 Å². The summed E-state index contributed by atoms with van der Waals surface area (Å²) in [6.45, 7) is 7.34. The minimum atomic E-state index is -0.0219. The van der Waals surface area contributed by atoms with E-state index in [2.05, 4.69) is 29.9 Å². The van der Waals surface area contributed by atoms with Gasteiger partial charge in [0.1, 0.15) is 45.9 Å². The third kappa shape index (κ3) is 2.06. The number of nitriles is 2. The molecule has 3 heterocycles. The molecule has 0 N–H and O–H groups in total. The standard InChI is InChI=1S/C18H12N8/c1-7-13-15(23-9(3)21-7)16-14(8(2)22-10(4)24-16)18-17(13)25-11(5-19)12(6-20)26-18/h1-4H3. The van der Waals surface area contributed by atoms with E-state index in [1.807, 2.05) is 39.8 Å². The molecule has 4 rings (SSSR count). The molecule has 0 atom stereocenters. The first kappa shape index (κ1) is 15.7. The summed E-state index contributed by atoms with van der Waals surface area (Å²) in [4.78, 5) is 26.8. The van der Waals surface area contributed by atoms with Crippen molar-refractivity contribution in [2.75, 3.05) is 0 Å². The number of nitrogens with zero attached hydrogens (tertiary/aromatic N) is 8. The van der Waals surface area contributed by atoms with Crippen molar-refractivity contribution in [1.82, 2.24) is 29.9 Å². The predicted molar refractivity (Wildman–Crippen MR) is 94.1 cm³/mol. The molecular weight excluding hydrogens is 328 g/mol. The highest BCUT2D eigenvalue weighted by molar-refractivity contribution is 6.21. The van der Waals surface area contributed by atoms with Crippen LogP contribution in [-0.2, 0) is 0 Å². The molecule has 124 valence electrons. The van der Waals surface area contributed by atoms with E-state index >= 15 is 0 Å². The zero-order valence-corrected chi connectivity index (χ0v) is 14.6. The van der Waals surface area contributed by atoms with Crippen molar-refractivity contribution < 1.29 is 0 Å². The SMILES string of the molecule is Cc1nc(C)c2c(n1)c1nc(C)nc(C)c1c1nc(C#N)c(C#N)nc12. The minimum Gasteiger partial charge on any atom is -0.238 e. The van der Waals surface area contributed by atoms with Crippen LogP contribution < -0.4 is 0 Å².